The zero-order valence-electron chi connectivity index (χ0n) is 17.8. The van der Waals surface area contributed by atoms with E-state index in [-0.39, 0.29) is 17.9 Å². The number of para-hydroxylation sites is 1. The van der Waals surface area contributed by atoms with Crippen molar-refractivity contribution in [2.45, 2.75) is 32.2 Å². The minimum atomic E-state index is -0.0586. The Kier molecular flexibility index (Phi) is 7.85. The smallest absolute Gasteiger partial charge is 0.253 e. The van der Waals surface area contributed by atoms with Crippen LogP contribution < -0.4 is 15.5 Å². The van der Waals surface area contributed by atoms with Gasteiger partial charge in [-0.3, -0.25) is 9.59 Å². The Morgan fingerprint density at radius 1 is 1.00 bits per heavy atom. The minimum Gasteiger partial charge on any atom is -0.385 e. The number of rotatable bonds is 8. The first-order chi connectivity index (χ1) is 14.6. The zero-order valence-corrected chi connectivity index (χ0v) is 17.8. The summed E-state index contributed by atoms with van der Waals surface area (Å²) in [6.07, 6.45) is 2.49. The Morgan fingerprint density at radius 3 is 2.37 bits per heavy atom. The van der Waals surface area contributed by atoms with Crippen molar-refractivity contribution in [3.05, 3.63) is 65.2 Å². The average Bonchev–Trinajstić information content (AvgIpc) is 2.77. The molecule has 0 saturated carbocycles. The third kappa shape index (κ3) is 5.60. The first-order valence-corrected chi connectivity index (χ1v) is 10.6. The van der Waals surface area contributed by atoms with Crippen molar-refractivity contribution in [3.63, 3.8) is 0 Å². The normalized spacial score (nSPS) is 14.4. The predicted molar refractivity (Wildman–Crippen MR) is 119 cm³/mol. The van der Waals surface area contributed by atoms with Crippen LogP contribution in [0.3, 0.4) is 0 Å². The van der Waals surface area contributed by atoms with Gasteiger partial charge in [-0.25, -0.2) is 0 Å². The predicted octanol–water partition coefficient (Wildman–Crippen LogP) is 3.16. The molecule has 1 saturated heterocycles. The van der Waals surface area contributed by atoms with Gasteiger partial charge in [-0.15, -0.1) is 0 Å². The number of carbonyl (C=O) groups is 2. The maximum absolute atomic E-state index is 12.6. The van der Waals surface area contributed by atoms with Crippen molar-refractivity contribution >= 4 is 17.5 Å². The van der Waals surface area contributed by atoms with Gasteiger partial charge in [0.05, 0.1) is 5.56 Å². The lowest BCUT2D eigenvalue weighted by Crippen LogP contribution is -2.45. The first-order valence-electron chi connectivity index (χ1n) is 10.6. The number of hydrogen-bond donors (Lipinski definition) is 2. The summed E-state index contributed by atoms with van der Waals surface area (Å²) in [4.78, 5) is 27.5. The van der Waals surface area contributed by atoms with Crippen molar-refractivity contribution in [1.82, 2.24) is 10.6 Å². The number of benzene rings is 2. The molecule has 0 radical (unpaired) electrons. The second kappa shape index (κ2) is 10.8. The van der Waals surface area contributed by atoms with Gasteiger partial charge in [0.25, 0.3) is 11.8 Å². The number of anilines is 1. The molecule has 30 heavy (non-hydrogen) atoms. The highest BCUT2D eigenvalue weighted by Gasteiger charge is 2.24. The van der Waals surface area contributed by atoms with E-state index in [1.807, 2.05) is 55.5 Å². The van der Waals surface area contributed by atoms with Gasteiger partial charge < -0.3 is 20.3 Å². The standard InChI is InChI=1S/C24H31N3O3/c1-18-8-3-4-9-20(18)24(29)26-19-12-15-27(16-13-19)22-11-6-5-10-21(22)23(28)25-14-7-17-30-2/h3-6,8-11,19H,7,12-17H2,1-2H3,(H,25,28)(H,26,29). The SMILES string of the molecule is COCCCNC(=O)c1ccccc1N1CCC(NC(=O)c2ccccc2C)CC1. The van der Waals surface area contributed by atoms with Gasteiger partial charge >= 0.3 is 0 Å². The Balaban J connectivity index is 1.57. The van der Waals surface area contributed by atoms with E-state index in [9.17, 15) is 9.59 Å². The maximum atomic E-state index is 12.6. The van der Waals surface area contributed by atoms with Crippen LogP contribution in [0.25, 0.3) is 0 Å². The molecule has 160 valence electrons. The number of piperidine rings is 1. The van der Waals surface area contributed by atoms with Gasteiger partial charge in [-0.1, -0.05) is 30.3 Å². The van der Waals surface area contributed by atoms with Crippen LogP contribution in [0.15, 0.2) is 48.5 Å². The lowest BCUT2D eigenvalue weighted by molar-refractivity contribution is 0.0928. The topological polar surface area (TPSA) is 70.7 Å². The number of hydrogen-bond acceptors (Lipinski definition) is 4. The number of nitrogens with zero attached hydrogens (tertiary/aromatic N) is 1. The van der Waals surface area contributed by atoms with Crippen LogP contribution >= 0.6 is 0 Å². The second-order valence-corrected chi connectivity index (χ2v) is 7.67. The van der Waals surface area contributed by atoms with Gasteiger partial charge in [-0.2, -0.15) is 0 Å². The number of nitrogens with one attached hydrogen (secondary N) is 2. The summed E-state index contributed by atoms with van der Waals surface area (Å²) in [6.45, 7) is 4.77. The molecule has 0 spiro atoms. The summed E-state index contributed by atoms with van der Waals surface area (Å²) < 4.78 is 5.03. The highest BCUT2D eigenvalue weighted by Crippen LogP contribution is 2.24. The lowest BCUT2D eigenvalue weighted by Gasteiger charge is -2.35. The van der Waals surface area contributed by atoms with Gasteiger partial charge in [-0.05, 0) is 49.9 Å². The van der Waals surface area contributed by atoms with E-state index in [0.29, 0.717) is 18.7 Å². The van der Waals surface area contributed by atoms with Crippen LogP contribution in [-0.2, 0) is 4.74 Å². The summed E-state index contributed by atoms with van der Waals surface area (Å²) in [5, 5.41) is 6.14. The molecule has 0 atom stereocenters. The van der Waals surface area contributed by atoms with Gasteiger partial charge in [0.1, 0.15) is 0 Å². The highest BCUT2D eigenvalue weighted by molar-refractivity contribution is 6.00. The summed E-state index contributed by atoms with van der Waals surface area (Å²) in [5.41, 5.74) is 3.36. The molecule has 2 aromatic rings. The van der Waals surface area contributed by atoms with Crippen LogP contribution in [0.5, 0.6) is 0 Å². The van der Waals surface area contributed by atoms with E-state index in [1.54, 1.807) is 7.11 Å². The Labute approximate surface area is 178 Å². The third-order valence-electron chi connectivity index (χ3n) is 5.52. The molecular formula is C24H31N3O3. The fraction of sp³-hybridized carbons (Fsp3) is 0.417. The van der Waals surface area contributed by atoms with Crippen LogP contribution in [0.1, 0.15) is 45.5 Å². The summed E-state index contributed by atoms with van der Waals surface area (Å²) in [7, 11) is 1.66. The fourth-order valence-corrected chi connectivity index (χ4v) is 3.81. The van der Waals surface area contributed by atoms with Crippen molar-refractivity contribution < 1.29 is 14.3 Å². The van der Waals surface area contributed by atoms with E-state index in [4.69, 9.17) is 4.74 Å². The molecule has 1 aliphatic heterocycles. The summed E-state index contributed by atoms with van der Waals surface area (Å²) in [5.74, 6) is -0.0703. The van der Waals surface area contributed by atoms with E-state index < -0.39 is 0 Å². The summed E-state index contributed by atoms with van der Waals surface area (Å²) >= 11 is 0. The number of methoxy groups -OCH3 is 1. The third-order valence-corrected chi connectivity index (χ3v) is 5.52. The molecule has 2 aromatic carbocycles. The lowest BCUT2D eigenvalue weighted by atomic mass is 10.0. The number of ether oxygens (including phenoxy) is 1. The van der Waals surface area contributed by atoms with Crippen LogP contribution in [-0.4, -0.2) is 51.2 Å². The molecule has 1 heterocycles. The van der Waals surface area contributed by atoms with Crippen molar-refractivity contribution in [2.24, 2.45) is 0 Å². The average molecular weight is 410 g/mol. The molecule has 2 amide bonds. The fourth-order valence-electron chi connectivity index (χ4n) is 3.81. The van der Waals surface area contributed by atoms with E-state index in [0.717, 1.165) is 49.2 Å². The molecule has 0 aromatic heterocycles. The summed E-state index contributed by atoms with van der Waals surface area (Å²) in [6, 6.07) is 15.5. The number of amides is 2. The molecule has 2 N–H and O–H groups in total. The quantitative estimate of drug-likeness (QED) is 0.657. The van der Waals surface area contributed by atoms with E-state index >= 15 is 0 Å². The second-order valence-electron chi connectivity index (χ2n) is 7.67. The highest BCUT2D eigenvalue weighted by atomic mass is 16.5. The van der Waals surface area contributed by atoms with Crippen molar-refractivity contribution in [1.29, 1.82) is 0 Å². The molecule has 6 nitrogen and oxygen atoms in total. The molecule has 1 aliphatic rings. The molecule has 0 bridgehead atoms. The van der Waals surface area contributed by atoms with E-state index in [2.05, 4.69) is 15.5 Å². The Hall–Kier alpha value is -2.86. The van der Waals surface area contributed by atoms with Gasteiger partial charge in [0.2, 0.25) is 0 Å². The van der Waals surface area contributed by atoms with Gasteiger partial charge in [0, 0.05) is 50.6 Å². The Bertz CT molecular complexity index is 860. The number of carbonyl (C=O) groups excluding carboxylic acids is 2. The molecular weight excluding hydrogens is 378 g/mol. The number of aryl methyl sites for hydroxylation is 1. The monoisotopic (exact) mass is 409 g/mol. The molecule has 1 fully saturated rings. The van der Waals surface area contributed by atoms with E-state index in [1.165, 1.54) is 0 Å². The zero-order chi connectivity index (χ0) is 21.3. The van der Waals surface area contributed by atoms with Crippen molar-refractivity contribution in [3.8, 4) is 0 Å². The molecule has 6 heteroatoms. The van der Waals surface area contributed by atoms with Crippen LogP contribution in [0, 0.1) is 6.92 Å². The molecule has 0 aliphatic carbocycles. The Morgan fingerprint density at radius 2 is 1.67 bits per heavy atom. The molecule has 3 rings (SSSR count). The largest absolute Gasteiger partial charge is 0.385 e. The molecule has 0 unspecified atom stereocenters. The van der Waals surface area contributed by atoms with Crippen molar-refractivity contribution in [2.75, 3.05) is 38.3 Å². The van der Waals surface area contributed by atoms with Gasteiger partial charge in [0.15, 0.2) is 0 Å². The van der Waals surface area contributed by atoms with Crippen LogP contribution in [0.4, 0.5) is 5.69 Å². The first kappa shape index (κ1) is 21.8. The van der Waals surface area contributed by atoms with Crippen LogP contribution in [0.2, 0.25) is 0 Å². The maximum Gasteiger partial charge on any atom is 0.253 e. The minimum absolute atomic E-state index is 0.0117.